The van der Waals surface area contributed by atoms with Crippen LogP contribution < -0.4 is 10.4 Å². The van der Waals surface area contributed by atoms with E-state index in [1.165, 1.54) is 0 Å². The van der Waals surface area contributed by atoms with E-state index < -0.39 is 0 Å². The molecule has 0 bridgehead atoms. The van der Waals surface area contributed by atoms with Gasteiger partial charge in [0.2, 0.25) is 0 Å². The molecule has 1 aliphatic heterocycles. The van der Waals surface area contributed by atoms with Crippen LogP contribution in [0, 0.1) is 0 Å². The minimum absolute atomic E-state index is 0.956. The van der Waals surface area contributed by atoms with Gasteiger partial charge in [0.15, 0.2) is 0 Å². The van der Waals surface area contributed by atoms with E-state index in [4.69, 9.17) is 0 Å². The van der Waals surface area contributed by atoms with E-state index in [1.807, 2.05) is 19.3 Å². The Kier molecular flexibility index (Phi) is 1.15. The average Bonchev–Trinajstić information content (AvgIpc) is 2.34. The van der Waals surface area contributed by atoms with Crippen LogP contribution in [0.5, 0.6) is 0 Å². The minimum atomic E-state index is 0.956. The van der Waals surface area contributed by atoms with Gasteiger partial charge in [-0.05, 0) is 12.1 Å². The van der Waals surface area contributed by atoms with Crippen LogP contribution in [-0.2, 0) is 0 Å². The van der Waals surface area contributed by atoms with Crippen LogP contribution in [-0.4, -0.2) is 11.2 Å². The Hall–Kier alpha value is -1.44. The number of hydrogen-bond acceptors (Lipinski definition) is 2. The van der Waals surface area contributed by atoms with Crippen LogP contribution in [0.25, 0.3) is 12.3 Å². The molecular weight excluding hydrogens is 136 g/mol. The highest BCUT2D eigenvalue weighted by atomic mass is 14.8. The van der Waals surface area contributed by atoms with Gasteiger partial charge in [-0.15, -0.1) is 0 Å². The van der Waals surface area contributed by atoms with Crippen molar-refractivity contribution in [1.82, 2.24) is 4.98 Å². The summed E-state index contributed by atoms with van der Waals surface area (Å²) in [6, 6.07) is 0. The van der Waals surface area contributed by atoms with E-state index in [1.54, 1.807) is 6.20 Å². The average molecular weight is 144 g/mol. The first-order chi connectivity index (χ1) is 5.29. The van der Waals surface area contributed by atoms with Crippen LogP contribution >= 0.6 is 0 Å². The molecule has 2 heterocycles. The lowest BCUT2D eigenvalue weighted by Crippen LogP contribution is -2.27. The van der Waals surface area contributed by atoms with Gasteiger partial charge in [0.25, 0.3) is 0 Å². The first-order valence-corrected chi connectivity index (χ1v) is 3.47. The molecule has 0 spiro atoms. The van der Waals surface area contributed by atoms with Crippen molar-refractivity contribution in [2.75, 3.05) is 0 Å². The van der Waals surface area contributed by atoms with Crippen molar-refractivity contribution in [1.29, 1.82) is 0 Å². The lowest BCUT2D eigenvalue weighted by molar-refractivity contribution is 1.26. The van der Waals surface area contributed by atoms with Crippen molar-refractivity contribution in [2.45, 2.75) is 6.92 Å². The molecule has 0 N–H and O–H groups in total. The fraction of sp³-hybridized carbons (Fsp3) is 0.111. The van der Waals surface area contributed by atoms with Crippen molar-refractivity contribution in [3.8, 4) is 0 Å². The Morgan fingerprint density at radius 2 is 2.18 bits per heavy atom. The van der Waals surface area contributed by atoms with Crippen LogP contribution in [0.2, 0.25) is 0 Å². The maximum Gasteiger partial charge on any atom is 0.0458 e. The van der Waals surface area contributed by atoms with Gasteiger partial charge in [0.05, 0.1) is 0 Å². The zero-order valence-electron chi connectivity index (χ0n) is 6.33. The second kappa shape index (κ2) is 2.02. The highest BCUT2D eigenvalue weighted by molar-refractivity contribution is 5.87. The van der Waals surface area contributed by atoms with Gasteiger partial charge in [-0.2, -0.15) is 0 Å². The van der Waals surface area contributed by atoms with Crippen molar-refractivity contribution in [3.05, 3.63) is 28.4 Å². The summed E-state index contributed by atoms with van der Waals surface area (Å²) in [5.74, 6) is 0. The zero-order valence-corrected chi connectivity index (χ0v) is 6.33. The SMILES string of the molecule is C=c1cncc2c1=C(C)N=C2. The van der Waals surface area contributed by atoms with E-state index in [0.29, 0.717) is 0 Å². The summed E-state index contributed by atoms with van der Waals surface area (Å²) in [6.07, 6.45) is 5.40. The molecule has 0 unspecified atom stereocenters. The maximum absolute atomic E-state index is 4.18. The molecule has 0 atom stereocenters. The van der Waals surface area contributed by atoms with E-state index >= 15 is 0 Å². The maximum atomic E-state index is 4.18. The van der Waals surface area contributed by atoms with E-state index in [0.717, 1.165) is 21.7 Å². The third-order valence-electron chi connectivity index (χ3n) is 1.81. The quantitative estimate of drug-likeness (QED) is 0.505. The van der Waals surface area contributed by atoms with Crippen molar-refractivity contribution in [3.63, 3.8) is 0 Å². The molecule has 0 saturated carbocycles. The summed E-state index contributed by atoms with van der Waals surface area (Å²) >= 11 is 0. The van der Waals surface area contributed by atoms with Crippen molar-refractivity contribution >= 4 is 18.5 Å². The molecule has 0 aliphatic carbocycles. The van der Waals surface area contributed by atoms with Gasteiger partial charge < -0.3 is 0 Å². The largest absolute Gasteiger partial charge is 0.263 e. The van der Waals surface area contributed by atoms with E-state index in [-0.39, 0.29) is 0 Å². The minimum Gasteiger partial charge on any atom is -0.263 e. The number of pyridine rings is 1. The summed E-state index contributed by atoms with van der Waals surface area (Å²) in [5, 5.41) is 2.09. The molecule has 54 valence electrons. The Balaban J connectivity index is 3.03. The van der Waals surface area contributed by atoms with Gasteiger partial charge in [0, 0.05) is 35.1 Å². The number of hydrogen-bond donors (Lipinski definition) is 0. The van der Waals surface area contributed by atoms with Gasteiger partial charge in [-0.25, -0.2) is 0 Å². The predicted molar refractivity (Wildman–Crippen MR) is 45.7 cm³/mol. The highest BCUT2D eigenvalue weighted by Crippen LogP contribution is 1.98. The molecular formula is C9H8N2. The molecule has 0 amide bonds. The van der Waals surface area contributed by atoms with Crippen molar-refractivity contribution in [2.24, 2.45) is 4.99 Å². The molecule has 1 aromatic heterocycles. The van der Waals surface area contributed by atoms with Crippen LogP contribution in [0.15, 0.2) is 17.4 Å². The van der Waals surface area contributed by atoms with Crippen LogP contribution in [0.3, 0.4) is 0 Å². The first kappa shape index (κ1) is 6.28. The van der Waals surface area contributed by atoms with Crippen molar-refractivity contribution < 1.29 is 0 Å². The highest BCUT2D eigenvalue weighted by Gasteiger charge is 2.02. The van der Waals surface area contributed by atoms with Gasteiger partial charge >= 0.3 is 0 Å². The Morgan fingerprint density at radius 3 is 2.91 bits per heavy atom. The molecule has 1 aromatic rings. The third-order valence-corrected chi connectivity index (χ3v) is 1.81. The number of aliphatic imine (C=N–C) groups is 1. The predicted octanol–water partition coefficient (Wildman–Crippen LogP) is 0.0525. The monoisotopic (exact) mass is 144 g/mol. The second-order valence-corrected chi connectivity index (χ2v) is 2.61. The fourth-order valence-electron chi connectivity index (χ4n) is 1.29. The molecule has 2 nitrogen and oxygen atoms in total. The molecule has 0 radical (unpaired) electrons. The molecule has 1 aliphatic rings. The standard InChI is InChI=1S/C9H8N2/c1-6-3-10-4-8-5-11-7(2)9(6)8/h3-5H,1H2,2H3. The smallest absolute Gasteiger partial charge is 0.0458 e. The van der Waals surface area contributed by atoms with Gasteiger partial charge in [-0.3, -0.25) is 9.98 Å². The van der Waals surface area contributed by atoms with Crippen LogP contribution in [0.1, 0.15) is 12.5 Å². The number of fused-ring (bicyclic) bond motifs is 1. The lowest BCUT2D eigenvalue weighted by Gasteiger charge is -1.89. The van der Waals surface area contributed by atoms with E-state index in [9.17, 15) is 0 Å². The summed E-state index contributed by atoms with van der Waals surface area (Å²) in [6.45, 7) is 5.86. The summed E-state index contributed by atoms with van der Waals surface area (Å²) < 4.78 is 0. The number of nitrogens with zero attached hydrogens (tertiary/aromatic N) is 2. The lowest BCUT2D eigenvalue weighted by atomic mass is 10.2. The number of rotatable bonds is 0. The fourth-order valence-corrected chi connectivity index (χ4v) is 1.29. The van der Waals surface area contributed by atoms with E-state index in [2.05, 4.69) is 16.6 Å². The Bertz CT molecular complexity index is 429. The molecule has 0 fully saturated rings. The topological polar surface area (TPSA) is 25.2 Å². The molecule has 11 heavy (non-hydrogen) atoms. The Labute approximate surface area is 64.6 Å². The van der Waals surface area contributed by atoms with Gasteiger partial charge in [-0.1, -0.05) is 6.58 Å². The molecule has 0 aromatic carbocycles. The van der Waals surface area contributed by atoms with Gasteiger partial charge in [0.1, 0.15) is 0 Å². The Morgan fingerprint density at radius 1 is 1.36 bits per heavy atom. The van der Waals surface area contributed by atoms with Crippen LogP contribution in [0.4, 0.5) is 0 Å². The zero-order chi connectivity index (χ0) is 7.84. The number of aromatic nitrogens is 1. The first-order valence-electron chi connectivity index (χ1n) is 3.47. The molecule has 0 saturated heterocycles. The summed E-state index contributed by atoms with van der Waals surface area (Å²) in [4.78, 5) is 8.20. The summed E-state index contributed by atoms with van der Waals surface area (Å²) in [7, 11) is 0. The molecule has 2 rings (SSSR count). The third kappa shape index (κ3) is 0.792. The molecule has 2 heteroatoms. The summed E-state index contributed by atoms with van der Waals surface area (Å²) in [5.41, 5.74) is 2.11. The normalized spacial score (nSPS) is 13.7. The second-order valence-electron chi connectivity index (χ2n) is 2.61.